The van der Waals surface area contributed by atoms with Crippen molar-refractivity contribution in [1.29, 1.82) is 0 Å². The van der Waals surface area contributed by atoms with Crippen molar-refractivity contribution < 1.29 is 19.4 Å². The zero-order valence-corrected chi connectivity index (χ0v) is 18.1. The van der Waals surface area contributed by atoms with E-state index in [1.165, 1.54) is 16.7 Å². The quantitative estimate of drug-likeness (QED) is 0.466. The van der Waals surface area contributed by atoms with Gasteiger partial charge in [0.1, 0.15) is 15.8 Å². The smallest absolute Gasteiger partial charge is 0.266 e. The van der Waals surface area contributed by atoms with Crippen molar-refractivity contribution >= 4 is 51.9 Å². The van der Waals surface area contributed by atoms with Crippen LogP contribution in [0.5, 0.6) is 11.5 Å². The van der Waals surface area contributed by atoms with Crippen LogP contribution in [0, 0.1) is 0 Å². The Bertz CT molecular complexity index is 973. The first-order chi connectivity index (χ1) is 14.5. The van der Waals surface area contributed by atoms with Crippen molar-refractivity contribution in [2.75, 3.05) is 18.5 Å². The summed E-state index contributed by atoms with van der Waals surface area (Å²) < 4.78 is 5.83. The van der Waals surface area contributed by atoms with E-state index < -0.39 is 0 Å². The second-order valence-electron chi connectivity index (χ2n) is 6.50. The molecule has 156 valence electrons. The van der Waals surface area contributed by atoms with Crippen molar-refractivity contribution in [2.45, 2.75) is 19.8 Å². The Morgan fingerprint density at radius 3 is 2.67 bits per heavy atom. The molecule has 0 atom stereocenters. The highest BCUT2D eigenvalue weighted by atomic mass is 32.2. The number of amides is 2. The standard InChI is InChI=1S/C22H22N2O4S2/c1-2-28-17-11-9-16(10-12-17)23-20(26)8-5-13-24-21(27)19(30-22(24)29)14-15-6-3-4-7-18(15)25/h3-4,6-7,9-12,14,25H,2,5,8,13H2,1H3,(H,23,26)/b19-14-. The molecule has 1 fully saturated rings. The highest BCUT2D eigenvalue weighted by Crippen LogP contribution is 2.34. The Balaban J connectivity index is 1.50. The van der Waals surface area contributed by atoms with Crippen molar-refractivity contribution in [1.82, 2.24) is 4.90 Å². The number of rotatable bonds is 8. The van der Waals surface area contributed by atoms with Gasteiger partial charge >= 0.3 is 0 Å². The summed E-state index contributed by atoms with van der Waals surface area (Å²) in [4.78, 5) is 26.8. The molecule has 0 aromatic heterocycles. The van der Waals surface area contributed by atoms with Gasteiger partial charge in [-0.25, -0.2) is 0 Å². The summed E-state index contributed by atoms with van der Waals surface area (Å²) in [6.07, 6.45) is 2.38. The molecule has 1 saturated heterocycles. The lowest BCUT2D eigenvalue weighted by Crippen LogP contribution is -2.29. The molecule has 2 amide bonds. The molecule has 2 aromatic rings. The van der Waals surface area contributed by atoms with Crippen LogP contribution >= 0.6 is 24.0 Å². The van der Waals surface area contributed by atoms with Gasteiger partial charge in [0, 0.05) is 24.2 Å². The number of carbonyl (C=O) groups excluding carboxylic acids is 2. The Labute approximate surface area is 184 Å². The third kappa shape index (κ3) is 5.61. The molecule has 1 heterocycles. The van der Waals surface area contributed by atoms with E-state index >= 15 is 0 Å². The maximum Gasteiger partial charge on any atom is 0.266 e. The Morgan fingerprint density at radius 1 is 1.23 bits per heavy atom. The molecule has 0 unspecified atom stereocenters. The van der Waals surface area contributed by atoms with Gasteiger partial charge in [-0.05, 0) is 49.8 Å². The number of thiocarbonyl (C=S) groups is 1. The maximum absolute atomic E-state index is 12.6. The molecule has 2 N–H and O–H groups in total. The predicted octanol–water partition coefficient (Wildman–Crippen LogP) is 4.41. The van der Waals surface area contributed by atoms with E-state index in [4.69, 9.17) is 17.0 Å². The second-order valence-corrected chi connectivity index (χ2v) is 8.18. The third-order valence-electron chi connectivity index (χ3n) is 4.33. The lowest BCUT2D eigenvalue weighted by Gasteiger charge is -2.14. The van der Waals surface area contributed by atoms with Gasteiger partial charge in [-0.1, -0.05) is 42.2 Å². The van der Waals surface area contributed by atoms with Crippen LogP contribution in [0.3, 0.4) is 0 Å². The van der Waals surface area contributed by atoms with Crippen molar-refractivity contribution in [2.24, 2.45) is 0 Å². The molecule has 0 aliphatic carbocycles. The normalized spacial score (nSPS) is 15.0. The summed E-state index contributed by atoms with van der Waals surface area (Å²) >= 11 is 6.51. The zero-order valence-electron chi connectivity index (χ0n) is 16.5. The SMILES string of the molecule is CCOc1ccc(NC(=O)CCCN2C(=O)/C(=C/c3ccccc3O)SC2=S)cc1. The number of aromatic hydroxyl groups is 1. The molecular weight excluding hydrogens is 420 g/mol. The fourth-order valence-electron chi connectivity index (χ4n) is 2.87. The lowest BCUT2D eigenvalue weighted by atomic mass is 10.2. The number of phenols is 1. The van der Waals surface area contributed by atoms with Gasteiger partial charge < -0.3 is 15.2 Å². The van der Waals surface area contributed by atoms with Gasteiger partial charge in [0.15, 0.2) is 0 Å². The van der Waals surface area contributed by atoms with Crippen LogP contribution < -0.4 is 10.1 Å². The predicted molar refractivity (Wildman–Crippen MR) is 123 cm³/mol. The van der Waals surface area contributed by atoms with Gasteiger partial charge in [-0.3, -0.25) is 14.5 Å². The Kier molecular flexibility index (Phi) is 7.48. The number of phenolic OH excluding ortho intramolecular Hbond substituents is 1. The molecular formula is C22H22N2O4S2. The Morgan fingerprint density at radius 2 is 1.97 bits per heavy atom. The van der Waals surface area contributed by atoms with E-state index in [2.05, 4.69) is 5.32 Å². The van der Waals surface area contributed by atoms with E-state index in [1.807, 2.05) is 6.92 Å². The van der Waals surface area contributed by atoms with E-state index in [-0.39, 0.29) is 24.0 Å². The number of nitrogens with zero attached hydrogens (tertiary/aromatic N) is 1. The highest BCUT2D eigenvalue weighted by Gasteiger charge is 2.31. The zero-order chi connectivity index (χ0) is 21.5. The van der Waals surface area contributed by atoms with Gasteiger partial charge in [0.25, 0.3) is 5.91 Å². The molecule has 0 bridgehead atoms. The monoisotopic (exact) mass is 442 g/mol. The van der Waals surface area contributed by atoms with Gasteiger partial charge in [0.05, 0.1) is 11.5 Å². The minimum atomic E-state index is -0.208. The summed E-state index contributed by atoms with van der Waals surface area (Å²) in [5.41, 5.74) is 1.26. The summed E-state index contributed by atoms with van der Waals surface area (Å²) in [6.45, 7) is 2.86. The van der Waals surface area contributed by atoms with E-state index in [9.17, 15) is 14.7 Å². The molecule has 2 aromatic carbocycles. The first-order valence-electron chi connectivity index (χ1n) is 9.54. The number of carbonyl (C=O) groups is 2. The van der Waals surface area contributed by atoms with Gasteiger partial charge in [-0.15, -0.1) is 0 Å². The molecule has 0 spiro atoms. The van der Waals surface area contributed by atoms with Gasteiger partial charge in [-0.2, -0.15) is 0 Å². The largest absolute Gasteiger partial charge is 0.507 e. The van der Waals surface area contributed by atoms with Crippen LogP contribution in [-0.4, -0.2) is 39.3 Å². The minimum absolute atomic E-state index is 0.105. The number of nitrogens with one attached hydrogen (secondary N) is 1. The van der Waals surface area contributed by atoms with E-state index in [0.717, 1.165) is 5.75 Å². The maximum atomic E-state index is 12.6. The van der Waals surface area contributed by atoms with Crippen molar-refractivity contribution in [3.63, 3.8) is 0 Å². The van der Waals surface area contributed by atoms with Gasteiger partial charge in [0.2, 0.25) is 5.91 Å². The highest BCUT2D eigenvalue weighted by molar-refractivity contribution is 8.26. The van der Waals surface area contributed by atoms with Crippen LogP contribution in [0.15, 0.2) is 53.4 Å². The first-order valence-corrected chi connectivity index (χ1v) is 10.8. The van der Waals surface area contributed by atoms with Crippen LogP contribution in [0.25, 0.3) is 6.08 Å². The number of hydrogen-bond acceptors (Lipinski definition) is 6. The minimum Gasteiger partial charge on any atom is -0.507 e. The number of hydrogen-bond donors (Lipinski definition) is 2. The number of thioether (sulfide) groups is 1. The van der Waals surface area contributed by atoms with E-state index in [0.29, 0.717) is 40.0 Å². The number of para-hydroxylation sites is 1. The summed E-state index contributed by atoms with van der Waals surface area (Å²) in [5, 5.41) is 12.7. The number of ether oxygens (including phenoxy) is 1. The van der Waals surface area contributed by atoms with Crippen molar-refractivity contribution in [3.8, 4) is 11.5 Å². The lowest BCUT2D eigenvalue weighted by molar-refractivity contribution is -0.122. The van der Waals surface area contributed by atoms with Crippen LogP contribution in [0.4, 0.5) is 5.69 Å². The third-order valence-corrected chi connectivity index (χ3v) is 5.71. The van der Waals surface area contributed by atoms with E-state index in [1.54, 1.807) is 54.6 Å². The van der Waals surface area contributed by atoms with Crippen LogP contribution in [-0.2, 0) is 9.59 Å². The van der Waals surface area contributed by atoms with Crippen molar-refractivity contribution in [3.05, 3.63) is 59.0 Å². The molecule has 1 aliphatic rings. The average Bonchev–Trinajstić information content (AvgIpc) is 2.99. The summed E-state index contributed by atoms with van der Waals surface area (Å²) in [7, 11) is 0. The average molecular weight is 443 g/mol. The summed E-state index contributed by atoms with van der Waals surface area (Å²) in [5.74, 6) is 0.519. The number of anilines is 1. The molecule has 0 radical (unpaired) electrons. The van der Waals surface area contributed by atoms with Crippen LogP contribution in [0.1, 0.15) is 25.3 Å². The molecule has 1 aliphatic heterocycles. The topological polar surface area (TPSA) is 78.9 Å². The first kappa shape index (κ1) is 21.9. The summed E-state index contributed by atoms with van der Waals surface area (Å²) in [6, 6.07) is 14.0. The molecule has 8 heteroatoms. The number of benzene rings is 2. The molecule has 0 saturated carbocycles. The molecule has 6 nitrogen and oxygen atoms in total. The molecule has 3 rings (SSSR count). The molecule has 30 heavy (non-hydrogen) atoms. The second kappa shape index (κ2) is 10.3. The fraction of sp³-hybridized carbons (Fsp3) is 0.227. The van der Waals surface area contributed by atoms with Crippen LogP contribution in [0.2, 0.25) is 0 Å². The fourth-order valence-corrected chi connectivity index (χ4v) is 4.17. The Hall–Kier alpha value is -2.84.